The Morgan fingerprint density at radius 3 is 2.76 bits per heavy atom. The largest absolute Gasteiger partial charge is 0.512 e. The van der Waals surface area contributed by atoms with E-state index in [2.05, 4.69) is 32.9 Å². The predicted molar refractivity (Wildman–Crippen MR) is 87.0 cm³/mol. The van der Waals surface area contributed by atoms with Gasteiger partial charge in [0.25, 0.3) is 0 Å². The second-order valence-electron chi connectivity index (χ2n) is 7.96. The van der Waals surface area contributed by atoms with Crippen LogP contribution in [-0.4, -0.2) is 5.11 Å². The van der Waals surface area contributed by atoms with Crippen molar-refractivity contribution in [2.45, 2.75) is 59.3 Å². The summed E-state index contributed by atoms with van der Waals surface area (Å²) in [5, 5.41) is 9.88. The van der Waals surface area contributed by atoms with E-state index in [1.807, 2.05) is 6.08 Å². The van der Waals surface area contributed by atoms with Crippen LogP contribution >= 0.6 is 0 Å². The minimum Gasteiger partial charge on any atom is -0.512 e. The number of aliphatic hydroxyl groups excluding tert-OH is 1. The van der Waals surface area contributed by atoms with Crippen LogP contribution in [0.2, 0.25) is 0 Å². The van der Waals surface area contributed by atoms with Gasteiger partial charge in [-0.3, -0.25) is 0 Å². The maximum absolute atomic E-state index is 9.88. The van der Waals surface area contributed by atoms with Gasteiger partial charge in [0.2, 0.25) is 0 Å². The Balaban J connectivity index is 1.82. The molecular weight excluding hydrogens is 256 g/mol. The van der Waals surface area contributed by atoms with E-state index in [0.29, 0.717) is 11.2 Å². The lowest BCUT2D eigenvalue weighted by Gasteiger charge is -2.48. The minimum atomic E-state index is 0.174. The van der Waals surface area contributed by atoms with Crippen LogP contribution in [0.15, 0.2) is 46.3 Å². The zero-order valence-electron chi connectivity index (χ0n) is 13.5. The summed E-state index contributed by atoms with van der Waals surface area (Å²) in [5.41, 5.74) is 6.93. The molecule has 1 N–H and O–H groups in total. The molecule has 112 valence electrons. The number of fused-ring (bicyclic) bond motifs is 4. The van der Waals surface area contributed by atoms with Crippen LogP contribution in [0, 0.1) is 16.7 Å². The second-order valence-corrected chi connectivity index (χ2v) is 7.96. The molecule has 3 atom stereocenters. The highest BCUT2D eigenvalue weighted by Crippen LogP contribution is 2.61. The van der Waals surface area contributed by atoms with Gasteiger partial charge < -0.3 is 5.11 Å². The van der Waals surface area contributed by atoms with E-state index in [0.717, 1.165) is 25.2 Å². The molecule has 4 rings (SSSR count). The molecule has 21 heavy (non-hydrogen) atoms. The fourth-order valence-electron chi connectivity index (χ4n) is 5.20. The zero-order chi connectivity index (χ0) is 14.8. The van der Waals surface area contributed by atoms with Crippen molar-refractivity contribution in [3.8, 4) is 0 Å². The van der Waals surface area contributed by atoms with Gasteiger partial charge in [-0.1, -0.05) is 38.5 Å². The Morgan fingerprint density at radius 1 is 1.14 bits per heavy atom. The van der Waals surface area contributed by atoms with Crippen molar-refractivity contribution in [1.29, 1.82) is 0 Å². The van der Waals surface area contributed by atoms with Crippen LogP contribution in [0.4, 0.5) is 0 Å². The third-order valence-corrected chi connectivity index (χ3v) is 6.99. The van der Waals surface area contributed by atoms with Gasteiger partial charge in [0.1, 0.15) is 0 Å². The standard InChI is InChI=1S/C20H26O/c1-13-4-7-17-16-6-5-14-12-15(21)8-10-20(14,3)18(16)9-11-19(13,17)2/h5,7,12-13,21H,4,6,8-11H2,1-3H3. The van der Waals surface area contributed by atoms with Crippen LogP contribution in [0.3, 0.4) is 0 Å². The van der Waals surface area contributed by atoms with Crippen molar-refractivity contribution in [2.75, 3.05) is 0 Å². The van der Waals surface area contributed by atoms with Gasteiger partial charge in [-0.2, -0.15) is 0 Å². The van der Waals surface area contributed by atoms with Crippen molar-refractivity contribution in [3.63, 3.8) is 0 Å². The highest BCUT2D eigenvalue weighted by molar-refractivity contribution is 5.55. The Labute approximate surface area is 128 Å². The van der Waals surface area contributed by atoms with Crippen molar-refractivity contribution in [1.82, 2.24) is 0 Å². The smallest absolute Gasteiger partial charge is 0.0926 e. The molecule has 0 spiro atoms. The molecule has 0 saturated carbocycles. The lowest BCUT2D eigenvalue weighted by Crippen LogP contribution is -2.35. The Kier molecular flexibility index (Phi) is 2.65. The summed E-state index contributed by atoms with van der Waals surface area (Å²) in [5.74, 6) is 1.35. The van der Waals surface area contributed by atoms with Crippen LogP contribution in [-0.2, 0) is 0 Å². The summed E-state index contributed by atoms with van der Waals surface area (Å²) in [4.78, 5) is 0. The summed E-state index contributed by atoms with van der Waals surface area (Å²) in [7, 11) is 0. The maximum Gasteiger partial charge on any atom is 0.0926 e. The number of hydrogen-bond donors (Lipinski definition) is 1. The highest BCUT2D eigenvalue weighted by Gasteiger charge is 2.48. The number of hydrogen-bond acceptors (Lipinski definition) is 1. The molecule has 0 fully saturated rings. The maximum atomic E-state index is 9.88. The van der Waals surface area contributed by atoms with E-state index in [1.165, 1.54) is 24.8 Å². The van der Waals surface area contributed by atoms with Crippen molar-refractivity contribution >= 4 is 0 Å². The molecule has 0 saturated heterocycles. The summed E-state index contributed by atoms with van der Waals surface area (Å²) >= 11 is 0. The second kappa shape index (κ2) is 4.15. The molecule has 0 heterocycles. The van der Waals surface area contributed by atoms with Gasteiger partial charge in [0, 0.05) is 11.8 Å². The topological polar surface area (TPSA) is 20.2 Å². The fourth-order valence-corrected chi connectivity index (χ4v) is 5.20. The molecule has 1 nitrogen and oxygen atoms in total. The third-order valence-electron chi connectivity index (χ3n) is 6.99. The van der Waals surface area contributed by atoms with Crippen molar-refractivity contribution < 1.29 is 5.11 Å². The highest BCUT2D eigenvalue weighted by atomic mass is 16.3. The lowest BCUT2D eigenvalue weighted by atomic mass is 9.56. The molecule has 0 amide bonds. The molecular formula is C20H26O. The molecule has 0 aromatic heterocycles. The van der Waals surface area contributed by atoms with Crippen molar-refractivity contribution in [2.24, 2.45) is 16.7 Å². The van der Waals surface area contributed by atoms with Crippen LogP contribution in [0.5, 0.6) is 0 Å². The molecule has 0 aromatic carbocycles. The summed E-state index contributed by atoms with van der Waals surface area (Å²) in [6, 6.07) is 0. The first kappa shape index (κ1) is 13.4. The molecule has 4 aliphatic carbocycles. The summed E-state index contributed by atoms with van der Waals surface area (Å²) < 4.78 is 0. The fraction of sp³-hybridized carbons (Fsp3) is 0.600. The molecule has 0 bridgehead atoms. The normalized spacial score (nSPS) is 41.7. The third kappa shape index (κ3) is 1.64. The minimum absolute atomic E-state index is 0.174. The van der Waals surface area contributed by atoms with E-state index in [4.69, 9.17) is 0 Å². The summed E-state index contributed by atoms with van der Waals surface area (Å²) in [6.07, 6.45) is 13.7. The van der Waals surface area contributed by atoms with E-state index in [9.17, 15) is 5.11 Å². The average Bonchev–Trinajstić information content (AvgIpc) is 2.76. The molecule has 0 radical (unpaired) electrons. The van der Waals surface area contributed by atoms with Gasteiger partial charge in [-0.25, -0.2) is 0 Å². The van der Waals surface area contributed by atoms with Crippen LogP contribution in [0.25, 0.3) is 0 Å². The van der Waals surface area contributed by atoms with Crippen molar-refractivity contribution in [3.05, 3.63) is 46.3 Å². The first-order chi connectivity index (χ1) is 9.95. The van der Waals surface area contributed by atoms with Gasteiger partial charge in [0.15, 0.2) is 0 Å². The average molecular weight is 282 g/mol. The quantitative estimate of drug-likeness (QED) is 0.611. The number of allylic oxidation sites excluding steroid dienone is 8. The van der Waals surface area contributed by atoms with Gasteiger partial charge in [0.05, 0.1) is 5.76 Å². The molecule has 1 heteroatoms. The van der Waals surface area contributed by atoms with Crippen LogP contribution < -0.4 is 0 Å². The monoisotopic (exact) mass is 282 g/mol. The molecule has 3 unspecified atom stereocenters. The van der Waals surface area contributed by atoms with Gasteiger partial charge >= 0.3 is 0 Å². The Hall–Kier alpha value is -1.24. The Morgan fingerprint density at radius 2 is 1.95 bits per heavy atom. The van der Waals surface area contributed by atoms with E-state index < -0.39 is 0 Å². The first-order valence-electron chi connectivity index (χ1n) is 8.49. The number of rotatable bonds is 0. The predicted octanol–water partition coefficient (Wildman–Crippen LogP) is 5.62. The van der Waals surface area contributed by atoms with Crippen LogP contribution in [0.1, 0.15) is 59.3 Å². The van der Waals surface area contributed by atoms with E-state index >= 15 is 0 Å². The van der Waals surface area contributed by atoms with Gasteiger partial charge in [-0.15, -0.1) is 0 Å². The zero-order valence-corrected chi connectivity index (χ0v) is 13.5. The number of aliphatic hydroxyl groups is 1. The molecule has 4 aliphatic rings. The molecule has 0 aromatic rings. The lowest BCUT2D eigenvalue weighted by molar-refractivity contribution is 0.238. The first-order valence-corrected chi connectivity index (χ1v) is 8.49. The van der Waals surface area contributed by atoms with Gasteiger partial charge in [-0.05, 0) is 66.2 Å². The SMILES string of the molecule is CC1CC=C2C3=C(CCC21C)C1(C)CCC(O)=CC1=CC3. The Bertz CT molecular complexity index is 630. The molecule has 0 aliphatic heterocycles. The van der Waals surface area contributed by atoms with E-state index in [-0.39, 0.29) is 5.41 Å². The summed E-state index contributed by atoms with van der Waals surface area (Å²) in [6.45, 7) is 7.30. The van der Waals surface area contributed by atoms with E-state index in [1.54, 1.807) is 16.7 Å².